The predicted octanol–water partition coefficient (Wildman–Crippen LogP) is -1.68. The van der Waals surface area contributed by atoms with Gasteiger partial charge in [0.25, 0.3) is 0 Å². The SMILES string of the molecule is O=C(CN1CCN(CC(=O)N2CCOCC2)CC1)N1CCOCC1. The molecule has 3 aliphatic rings. The fourth-order valence-corrected chi connectivity index (χ4v) is 3.31. The van der Waals surface area contributed by atoms with E-state index in [1.807, 2.05) is 9.80 Å². The molecule has 0 bridgehead atoms. The second-order valence-corrected chi connectivity index (χ2v) is 6.54. The number of hydrogen-bond acceptors (Lipinski definition) is 6. The van der Waals surface area contributed by atoms with Gasteiger partial charge in [-0.3, -0.25) is 19.4 Å². The van der Waals surface area contributed by atoms with Crippen molar-refractivity contribution in [2.24, 2.45) is 0 Å². The molecule has 3 fully saturated rings. The lowest BCUT2D eigenvalue weighted by Gasteiger charge is -2.36. The maximum atomic E-state index is 12.3. The van der Waals surface area contributed by atoms with E-state index in [9.17, 15) is 9.59 Å². The monoisotopic (exact) mass is 340 g/mol. The Hall–Kier alpha value is -1.22. The molecule has 0 aliphatic carbocycles. The number of carbonyl (C=O) groups excluding carboxylic acids is 2. The van der Waals surface area contributed by atoms with Crippen LogP contribution in [0.5, 0.6) is 0 Å². The molecule has 0 radical (unpaired) electrons. The van der Waals surface area contributed by atoms with Crippen molar-refractivity contribution in [2.75, 3.05) is 91.9 Å². The summed E-state index contributed by atoms with van der Waals surface area (Å²) in [4.78, 5) is 32.7. The summed E-state index contributed by atoms with van der Waals surface area (Å²) in [5, 5.41) is 0. The zero-order valence-corrected chi connectivity index (χ0v) is 14.3. The van der Waals surface area contributed by atoms with Gasteiger partial charge in [0.15, 0.2) is 0 Å². The van der Waals surface area contributed by atoms with Crippen LogP contribution in [0.25, 0.3) is 0 Å². The molecule has 0 spiro atoms. The van der Waals surface area contributed by atoms with Gasteiger partial charge in [0.05, 0.1) is 39.5 Å². The smallest absolute Gasteiger partial charge is 0.236 e. The zero-order chi connectivity index (χ0) is 16.8. The van der Waals surface area contributed by atoms with Crippen LogP contribution in [0.3, 0.4) is 0 Å². The Kier molecular flexibility index (Phi) is 6.42. The molecule has 0 saturated carbocycles. The number of hydrogen-bond donors (Lipinski definition) is 0. The number of nitrogens with zero attached hydrogens (tertiary/aromatic N) is 4. The van der Waals surface area contributed by atoms with Gasteiger partial charge >= 0.3 is 0 Å². The van der Waals surface area contributed by atoms with E-state index in [1.165, 1.54) is 0 Å². The molecule has 3 saturated heterocycles. The van der Waals surface area contributed by atoms with E-state index >= 15 is 0 Å². The molecule has 0 aromatic rings. The molecular formula is C16H28N4O4. The first kappa shape index (κ1) is 17.6. The average molecular weight is 340 g/mol. The van der Waals surface area contributed by atoms with E-state index < -0.39 is 0 Å². The number of ether oxygens (including phenoxy) is 2. The van der Waals surface area contributed by atoms with Gasteiger partial charge in [0.2, 0.25) is 11.8 Å². The van der Waals surface area contributed by atoms with Gasteiger partial charge < -0.3 is 19.3 Å². The van der Waals surface area contributed by atoms with Gasteiger partial charge in [-0.15, -0.1) is 0 Å². The number of amides is 2. The molecule has 8 heteroatoms. The van der Waals surface area contributed by atoms with E-state index in [2.05, 4.69) is 9.80 Å². The Morgan fingerprint density at radius 1 is 0.583 bits per heavy atom. The van der Waals surface area contributed by atoms with Crippen LogP contribution < -0.4 is 0 Å². The van der Waals surface area contributed by atoms with Crippen molar-refractivity contribution in [1.29, 1.82) is 0 Å². The summed E-state index contributed by atoms with van der Waals surface area (Å²) in [6.45, 7) is 9.69. The predicted molar refractivity (Wildman–Crippen MR) is 87.7 cm³/mol. The third-order valence-electron chi connectivity index (χ3n) is 4.91. The van der Waals surface area contributed by atoms with Crippen molar-refractivity contribution in [3.05, 3.63) is 0 Å². The van der Waals surface area contributed by atoms with Gasteiger partial charge in [0.1, 0.15) is 0 Å². The molecule has 24 heavy (non-hydrogen) atoms. The lowest BCUT2D eigenvalue weighted by molar-refractivity contribution is -0.139. The molecule has 0 unspecified atom stereocenters. The molecule has 2 amide bonds. The lowest BCUT2D eigenvalue weighted by Crippen LogP contribution is -2.53. The van der Waals surface area contributed by atoms with Crippen LogP contribution >= 0.6 is 0 Å². The number of morpholine rings is 2. The van der Waals surface area contributed by atoms with Crippen molar-refractivity contribution in [2.45, 2.75) is 0 Å². The normalized spacial score (nSPS) is 24.2. The van der Waals surface area contributed by atoms with Crippen LogP contribution in [0.4, 0.5) is 0 Å². The summed E-state index contributed by atoms with van der Waals surface area (Å²) >= 11 is 0. The maximum Gasteiger partial charge on any atom is 0.236 e. The van der Waals surface area contributed by atoms with Crippen LogP contribution in [-0.4, -0.2) is 123 Å². The van der Waals surface area contributed by atoms with Crippen LogP contribution in [0.1, 0.15) is 0 Å². The van der Waals surface area contributed by atoms with Gasteiger partial charge in [-0.2, -0.15) is 0 Å². The van der Waals surface area contributed by atoms with E-state index in [0.717, 1.165) is 26.2 Å². The van der Waals surface area contributed by atoms with Crippen molar-refractivity contribution in [3.63, 3.8) is 0 Å². The van der Waals surface area contributed by atoms with Crippen molar-refractivity contribution >= 4 is 11.8 Å². The molecule has 136 valence electrons. The standard InChI is InChI=1S/C16H28N4O4/c21-15(19-5-9-23-10-6-19)13-17-1-2-18(4-3-17)14-16(22)20-7-11-24-12-8-20/h1-14H2. The van der Waals surface area contributed by atoms with Gasteiger partial charge in [-0.1, -0.05) is 0 Å². The number of piperazine rings is 1. The second kappa shape index (κ2) is 8.75. The summed E-state index contributed by atoms with van der Waals surface area (Å²) in [7, 11) is 0. The quantitative estimate of drug-likeness (QED) is 0.609. The molecule has 3 rings (SSSR count). The van der Waals surface area contributed by atoms with Gasteiger partial charge in [0, 0.05) is 52.4 Å². The van der Waals surface area contributed by atoms with Gasteiger partial charge in [-0.05, 0) is 0 Å². The van der Waals surface area contributed by atoms with Crippen LogP contribution in [0.2, 0.25) is 0 Å². The van der Waals surface area contributed by atoms with Crippen LogP contribution in [-0.2, 0) is 19.1 Å². The van der Waals surface area contributed by atoms with E-state index in [4.69, 9.17) is 9.47 Å². The molecule has 0 aromatic carbocycles. The molecule has 3 heterocycles. The highest BCUT2D eigenvalue weighted by atomic mass is 16.5. The first-order valence-electron chi connectivity index (χ1n) is 8.88. The minimum atomic E-state index is 0.191. The number of carbonyl (C=O) groups is 2. The molecule has 0 aromatic heterocycles. The lowest BCUT2D eigenvalue weighted by atomic mass is 10.3. The van der Waals surface area contributed by atoms with Crippen molar-refractivity contribution in [3.8, 4) is 0 Å². The highest BCUT2D eigenvalue weighted by Crippen LogP contribution is 2.06. The topological polar surface area (TPSA) is 65.6 Å². The zero-order valence-electron chi connectivity index (χ0n) is 14.3. The Labute approximate surface area is 143 Å². The Morgan fingerprint density at radius 3 is 1.25 bits per heavy atom. The van der Waals surface area contributed by atoms with E-state index in [0.29, 0.717) is 65.7 Å². The molecule has 0 N–H and O–H groups in total. The molecule has 0 atom stereocenters. The van der Waals surface area contributed by atoms with Crippen LogP contribution in [0.15, 0.2) is 0 Å². The highest BCUT2D eigenvalue weighted by molar-refractivity contribution is 5.79. The van der Waals surface area contributed by atoms with Gasteiger partial charge in [-0.25, -0.2) is 0 Å². The average Bonchev–Trinajstić information content (AvgIpc) is 2.65. The van der Waals surface area contributed by atoms with Crippen molar-refractivity contribution in [1.82, 2.24) is 19.6 Å². The summed E-state index contributed by atoms with van der Waals surface area (Å²) in [5.74, 6) is 0.382. The maximum absolute atomic E-state index is 12.3. The molecule has 8 nitrogen and oxygen atoms in total. The first-order chi connectivity index (χ1) is 11.7. The fourth-order valence-electron chi connectivity index (χ4n) is 3.31. The summed E-state index contributed by atoms with van der Waals surface area (Å²) in [6.07, 6.45) is 0. The third-order valence-corrected chi connectivity index (χ3v) is 4.91. The Balaban J connectivity index is 1.36. The van der Waals surface area contributed by atoms with Crippen molar-refractivity contribution < 1.29 is 19.1 Å². The summed E-state index contributed by atoms with van der Waals surface area (Å²) in [6, 6.07) is 0. The first-order valence-corrected chi connectivity index (χ1v) is 8.88. The summed E-state index contributed by atoms with van der Waals surface area (Å²) in [5.41, 5.74) is 0. The minimum absolute atomic E-state index is 0.191. The summed E-state index contributed by atoms with van der Waals surface area (Å²) < 4.78 is 10.6. The minimum Gasteiger partial charge on any atom is -0.378 e. The molecular weight excluding hydrogens is 312 g/mol. The van der Waals surface area contributed by atoms with Crippen LogP contribution in [0, 0.1) is 0 Å². The fraction of sp³-hybridized carbons (Fsp3) is 0.875. The Bertz CT molecular complexity index is 388. The number of rotatable bonds is 4. The third kappa shape index (κ3) is 4.89. The second-order valence-electron chi connectivity index (χ2n) is 6.54. The van der Waals surface area contributed by atoms with E-state index in [1.54, 1.807) is 0 Å². The highest BCUT2D eigenvalue weighted by Gasteiger charge is 2.25. The largest absolute Gasteiger partial charge is 0.378 e. The Morgan fingerprint density at radius 2 is 0.917 bits per heavy atom. The van der Waals surface area contributed by atoms with E-state index in [-0.39, 0.29) is 11.8 Å². The molecule has 3 aliphatic heterocycles.